The van der Waals surface area contributed by atoms with E-state index >= 15 is 0 Å². The fourth-order valence-corrected chi connectivity index (χ4v) is 3.53. The molecule has 0 spiro atoms. The van der Waals surface area contributed by atoms with E-state index < -0.39 is 21.4 Å². The summed E-state index contributed by atoms with van der Waals surface area (Å²) < 4.78 is 41.0. The van der Waals surface area contributed by atoms with Gasteiger partial charge in [-0.3, -0.25) is 0 Å². The third-order valence-corrected chi connectivity index (χ3v) is 4.93. The van der Waals surface area contributed by atoms with E-state index in [1.165, 1.54) is 18.2 Å². The number of rotatable bonds is 5. The molecule has 0 aliphatic rings. The molecule has 4 nitrogen and oxygen atoms in total. The lowest BCUT2D eigenvalue weighted by Gasteiger charge is -2.29. The Labute approximate surface area is 123 Å². The second kappa shape index (κ2) is 5.93. The number of sulfonamides is 1. The highest BCUT2D eigenvalue weighted by Gasteiger charge is 2.32. The predicted molar refractivity (Wildman–Crippen MR) is 79.6 cm³/mol. The first-order valence-electron chi connectivity index (χ1n) is 6.43. The first-order valence-corrected chi connectivity index (χ1v) is 7.91. The second-order valence-corrected chi connectivity index (χ2v) is 6.59. The number of nitrogens with one attached hydrogen (secondary N) is 1. The van der Waals surface area contributed by atoms with Crippen LogP contribution in [0.1, 0.15) is 12.5 Å². The predicted octanol–water partition coefficient (Wildman–Crippen LogP) is 1.98. The summed E-state index contributed by atoms with van der Waals surface area (Å²) in [4.78, 5) is -0.388. The van der Waals surface area contributed by atoms with Gasteiger partial charge < -0.3 is 5.73 Å². The summed E-state index contributed by atoms with van der Waals surface area (Å²) in [5.74, 6) is -0.794. The fourth-order valence-electron chi connectivity index (χ4n) is 2.04. The summed E-state index contributed by atoms with van der Waals surface area (Å²) in [5, 5.41) is 0. The molecule has 0 saturated heterocycles. The molecule has 0 radical (unpaired) electrons. The van der Waals surface area contributed by atoms with Crippen molar-refractivity contribution in [3.8, 4) is 0 Å². The van der Waals surface area contributed by atoms with E-state index in [0.717, 1.165) is 6.07 Å². The average Bonchev–Trinajstić information content (AvgIpc) is 2.48. The van der Waals surface area contributed by atoms with Crippen molar-refractivity contribution in [2.24, 2.45) is 5.73 Å². The van der Waals surface area contributed by atoms with E-state index in [1.54, 1.807) is 31.2 Å². The highest BCUT2D eigenvalue weighted by atomic mass is 32.2. The molecular weight excluding hydrogens is 291 g/mol. The molecule has 0 aromatic heterocycles. The molecule has 21 heavy (non-hydrogen) atoms. The van der Waals surface area contributed by atoms with E-state index in [4.69, 9.17) is 5.73 Å². The largest absolute Gasteiger partial charge is 0.328 e. The topological polar surface area (TPSA) is 72.2 Å². The summed E-state index contributed by atoms with van der Waals surface area (Å²) in [6.45, 7) is 1.71. The van der Waals surface area contributed by atoms with Gasteiger partial charge in [-0.15, -0.1) is 0 Å². The smallest absolute Gasteiger partial charge is 0.244 e. The lowest BCUT2D eigenvalue weighted by molar-refractivity contribution is 0.439. The van der Waals surface area contributed by atoms with Gasteiger partial charge in [0, 0.05) is 6.54 Å². The van der Waals surface area contributed by atoms with Crippen molar-refractivity contribution in [3.05, 3.63) is 66.0 Å². The Kier molecular flexibility index (Phi) is 4.41. The van der Waals surface area contributed by atoms with Crippen molar-refractivity contribution in [1.29, 1.82) is 0 Å². The standard InChI is InChI=1S/C15H17FN2O2S/c1-15(11-17,12-7-3-2-4-8-12)18-21(19,20)14-10-6-5-9-13(14)16/h2-10,18H,11,17H2,1H3. The van der Waals surface area contributed by atoms with Crippen LogP contribution in [-0.4, -0.2) is 15.0 Å². The number of hydrogen-bond acceptors (Lipinski definition) is 3. The number of nitrogens with two attached hydrogens (primary N) is 1. The molecule has 2 aromatic rings. The highest BCUT2D eigenvalue weighted by molar-refractivity contribution is 7.89. The van der Waals surface area contributed by atoms with Crippen LogP contribution in [0.5, 0.6) is 0 Å². The second-order valence-electron chi connectivity index (χ2n) is 4.94. The molecule has 2 rings (SSSR count). The van der Waals surface area contributed by atoms with Crippen molar-refractivity contribution in [2.45, 2.75) is 17.4 Å². The van der Waals surface area contributed by atoms with Gasteiger partial charge in [0.2, 0.25) is 10.0 Å². The Morgan fingerprint density at radius 2 is 1.67 bits per heavy atom. The highest BCUT2D eigenvalue weighted by Crippen LogP contribution is 2.23. The fraction of sp³-hybridized carbons (Fsp3) is 0.200. The monoisotopic (exact) mass is 308 g/mol. The summed E-state index contributed by atoms with van der Waals surface area (Å²) in [6, 6.07) is 14.2. The summed E-state index contributed by atoms with van der Waals surface area (Å²) in [6.07, 6.45) is 0. The number of halogens is 1. The molecule has 0 bridgehead atoms. The third kappa shape index (κ3) is 3.29. The first-order chi connectivity index (χ1) is 9.89. The SMILES string of the molecule is CC(CN)(NS(=O)(=O)c1ccccc1F)c1ccccc1. The quantitative estimate of drug-likeness (QED) is 0.887. The minimum atomic E-state index is -4.01. The zero-order valence-corrected chi connectivity index (χ0v) is 12.4. The number of hydrogen-bond donors (Lipinski definition) is 2. The van der Waals surface area contributed by atoms with Crippen LogP contribution in [0.15, 0.2) is 59.5 Å². The normalized spacial score (nSPS) is 14.6. The van der Waals surface area contributed by atoms with Crippen LogP contribution >= 0.6 is 0 Å². The van der Waals surface area contributed by atoms with Crippen molar-refractivity contribution >= 4 is 10.0 Å². The van der Waals surface area contributed by atoms with Crippen LogP contribution in [0.25, 0.3) is 0 Å². The molecular formula is C15H17FN2O2S. The maximum absolute atomic E-state index is 13.7. The van der Waals surface area contributed by atoms with Gasteiger partial charge in [-0.1, -0.05) is 42.5 Å². The lowest BCUT2D eigenvalue weighted by atomic mass is 9.94. The molecule has 0 heterocycles. The van der Waals surface area contributed by atoms with Crippen LogP contribution < -0.4 is 10.5 Å². The molecule has 0 saturated carbocycles. The Morgan fingerprint density at radius 3 is 2.24 bits per heavy atom. The van der Waals surface area contributed by atoms with Gasteiger partial charge in [0.25, 0.3) is 0 Å². The van der Waals surface area contributed by atoms with Crippen molar-refractivity contribution in [2.75, 3.05) is 6.54 Å². The van der Waals surface area contributed by atoms with Gasteiger partial charge in [-0.25, -0.2) is 12.8 Å². The van der Waals surface area contributed by atoms with Crippen LogP contribution in [-0.2, 0) is 15.6 Å². The van der Waals surface area contributed by atoms with Crippen LogP contribution in [0.2, 0.25) is 0 Å². The third-order valence-electron chi connectivity index (χ3n) is 3.30. The van der Waals surface area contributed by atoms with Gasteiger partial charge >= 0.3 is 0 Å². The average molecular weight is 308 g/mol. The van der Waals surface area contributed by atoms with Crippen molar-refractivity contribution in [1.82, 2.24) is 4.72 Å². The van der Waals surface area contributed by atoms with E-state index in [1.807, 2.05) is 6.07 Å². The van der Waals surface area contributed by atoms with Crippen molar-refractivity contribution < 1.29 is 12.8 Å². The van der Waals surface area contributed by atoms with Gasteiger partial charge in [0.05, 0.1) is 5.54 Å². The van der Waals surface area contributed by atoms with Gasteiger partial charge in [0.1, 0.15) is 10.7 Å². The molecule has 6 heteroatoms. The molecule has 1 atom stereocenters. The maximum Gasteiger partial charge on any atom is 0.244 e. The summed E-state index contributed by atoms with van der Waals surface area (Å²) >= 11 is 0. The van der Waals surface area contributed by atoms with E-state index in [0.29, 0.717) is 5.56 Å². The molecule has 0 fully saturated rings. The van der Waals surface area contributed by atoms with Crippen LogP contribution in [0.4, 0.5) is 4.39 Å². The molecule has 112 valence electrons. The van der Waals surface area contributed by atoms with Crippen LogP contribution in [0, 0.1) is 5.82 Å². The zero-order chi connectivity index (χ0) is 15.5. The molecule has 2 aromatic carbocycles. The van der Waals surface area contributed by atoms with Gasteiger partial charge in [-0.2, -0.15) is 4.72 Å². The van der Waals surface area contributed by atoms with E-state index in [9.17, 15) is 12.8 Å². The molecule has 0 aliphatic heterocycles. The Bertz CT molecular complexity index is 719. The van der Waals surface area contributed by atoms with Gasteiger partial charge in [-0.05, 0) is 24.6 Å². The molecule has 0 amide bonds. The van der Waals surface area contributed by atoms with Crippen LogP contribution in [0.3, 0.4) is 0 Å². The summed E-state index contributed by atoms with van der Waals surface area (Å²) in [5.41, 5.74) is 5.45. The Hall–Kier alpha value is -1.76. The first kappa shape index (κ1) is 15.6. The Morgan fingerprint density at radius 1 is 1.10 bits per heavy atom. The maximum atomic E-state index is 13.7. The van der Waals surface area contributed by atoms with E-state index in [-0.39, 0.29) is 11.4 Å². The molecule has 0 aliphatic carbocycles. The minimum Gasteiger partial charge on any atom is -0.328 e. The Balaban J connectivity index is 2.41. The zero-order valence-electron chi connectivity index (χ0n) is 11.6. The minimum absolute atomic E-state index is 0.0463. The van der Waals surface area contributed by atoms with E-state index in [2.05, 4.69) is 4.72 Å². The summed E-state index contributed by atoms with van der Waals surface area (Å²) in [7, 11) is -4.01. The molecule has 1 unspecified atom stereocenters. The lowest BCUT2D eigenvalue weighted by Crippen LogP contribution is -2.48. The molecule has 3 N–H and O–H groups in total. The van der Waals surface area contributed by atoms with Gasteiger partial charge in [0.15, 0.2) is 0 Å². The van der Waals surface area contributed by atoms with Crippen molar-refractivity contribution in [3.63, 3.8) is 0 Å². The number of benzene rings is 2.